The highest BCUT2D eigenvalue weighted by Crippen LogP contribution is 2.37. The van der Waals surface area contributed by atoms with Crippen LogP contribution in [0.3, 0.4) is 0 Å². The predicted molar refractivity (Wildman–Crippen MR) is 89.7 cm³/mol. The fourth-order valence-corrected chi connectivity index (χ4v) is 3.25. The van der Waals surface area contributed by atoms with E-state index in [2.05, 4.69) is 76.6 Å². The van der Waals surface area contributed by atoms with Gasteiger partial charge < -0.3 is 5.32 Å². The monoisotopic (exact) mass is 289 g/mol. The Morgan fingerprint density at radius 2 is 1.86 bits per heavy atom. The number of aromatic nitrogens is 2. The van der Waals surface area contributed by atoms with Crippen molar-refractivity contribution >= 4 is 11.5 Å². The number of aryl methyl sites for hydroxylation is 2. The molecule has 0 amide bonds. The van der Waals surface area contributed by atoms with E-state index in [0.717, 1.165) is 18.1 Å². The minimum atomic E-state index is 0.309. The topological polar surface area (TPSA) is 29.9 Å². The maximum Gasteiger partial charge on any atom is 0.128 e. The van der Waals surface area contributed by atoms with Gasteiger partial charge in [0.2, 0.25) is 0 Å². The van der Waals surface area contributed by atoms with Crippen molar-refractivity contribution in [2.24, 2.45) is 0 Å². The number of benzene rings is 2. The largest absolute Gasteiger partial charge is 0.340 e. The van der Waals surface area contributed by atoms with Gasteiger partial charge in [0, 0.05) is 17.7 Å². The summed E-state index contributed by atoms with van der Waals surface area (Å²) in [5, 5.41) is 8.20. The molecule has 2 aromatic carbocycles. The highest BCUT2D eigenvalue weighted by atomic mass is 15.3. The van der Waals surface area contributed by atoms with Gasteiger partial charge in [-0.3, -0.25) is 0 Å². The minimum Gasteiger partial charge on any atom is -0.340 e. The first-order chi connectivity index (χ1) is 10.7. The second kappa shape index (κ2) is 5.02. The number of nitrogens with zero attached hydrogens (tertiary/aromatic N) is 2. The third-order valence-corrected chi connectivity index (χ3v) is 4.30. The lowest BCUT2D eigenvalue weighted by Gasteiger charge is -2.18. The van der Waals surface area contributed by atoms with E-state index < -0.39 is 0 Å². The van der Waals surface area contributed by atoms with Crippen LogP contribution >= 0.6 is 0 Å². The van der Waals surface area contributed by atoms with Gasteiger partial charge in [-0.25, -0.2) is 4.68 Å². The maximum atomic E-state index is 4.65. The zero-order valence-electron chi connectivity index (χ0n) is 12.9. The van der Waals surface area contributed by atoms with Gasteiger partial charge in [0.25, 0.3) is 0 Å². The van der Waals surface area contributed by atoms with Crippen molar-refractivity contribution in [3.8, 4) is 0 Å². The van der Waals surface area contributed by atoms with E-state index in [1.807, 2.05) is 6.92 Å². The summed E-state index contributed by atoms with van der Waals surface area (Å²) in [6.45, 7) is 5.05. The number of fused-ring (bicyclic) bond motifs is 2. The molecule has 1 N–H and O–H groups in total. The molecule has 1 unspecified atom stereocenters. The Labute approximate surface area is 130 Å². The fourth-order valence-electron chi connectivity index (χ4n) is 3.25. The van der Waals surface area contributed by atoms with Crippen LogP contribution < -0.4 is 5.32 Å². The maximum absolute atomic E-state index is 4.65. The number of anilines is 2. The van der Waals surface area contributed by atoms with E-state index in [1.54, 1.807) is 0 Å². The predicted octanol–water partition coefficient (Wildman–Crippen LogP) is 4.39. The van der Waals surface area contributed by atoms with Crippen molar-refractivity contribution in [1.29, 1.82) is 0 Å². The summed E-state index contributed by atoms with van der Waals surface area (Å²) in [5.74, 6) is 1.38. The second-order valence-corrected chi connectivity index (χ2v) is 6.03. The van der Waals surface area contributed by atoms with Gasteiger partial charge in [-0.2, -0.15) is 5.10 Å². The average molecular weight is 289 g/mol. The van der Waals surface area contributed by atoms with Crippen molar-refractivity contribution in [2.75, 3.05) is 5.32 Å². The molecule has 1 aliphatic heterocycles. The highest BCUT2D eigenvalue weighted by molar-refractivity contribution is 5.65. The van der Waals surface area contributed by atoms with E-state index in [4.69, 9.17) is 0 Å². The lowest BCUT2D eigenvalue weighted by atomic mass is 9.89. The summed E-state index contributed by atoms with van der Waals surface area (Å²) in [4.78, 5) is 0. The zero-order chi connectivity index (χ0) is 15.1. The molecule has 0 bridgehead atoms. The van der Waals surface area contributed by atoms with E-state index in [-0.39, 0.29) is 0 Å². The Kier molecular flexibility index (Phi) is 3.00. The molecule has 1 aromatic heterocycles. The molecular weight excluding hydrogens is 270 g/mol. The van der Waals surface area contributed by atoms with Crippen LogP contribution in [-0.2, 0) is 6.54 Å². The summed E-state index contributed by atoms with van der Waals surface area (Å²) in [5.41, 5.74) is 6.19. The number of rotatable bonds is 1. The van der Waals surface area contributed by atoms with Gasteiger partial charge in [-0.15, -0.1) is 0 Å². The molecule has 1 atom stereocenters. The van der Waals surface area contributed by atoms with Crippen LogP contribution in [0.15, 0.2) is 54.6 Å². The van der Waals surface area contributed by atoms with Crippen molar-refractivity contribution in [1.82, 2.24) is 9.78 Å². The number of hydrogen-bond acceptors (Lipinski definition) is 2. The summed E-state index contributed by atoms with van der Waals surface area (Å²) < 4.78 is 2.09. The molecule has 0 radical (unpaired) electrons. The Hall–Kier alpha value is -2.55. The van der Waals surface area contributed by atoms with Crippen LogP contribution in [-0.4, -0.2) is 9.78 Å². The van der Waals surface area contributed by atoms with E-state index in [9.17, 15) is 0 Å². The molecule has 0 saturated carbocycles. The molecular formula is C19H19N3. The van der Waals surface area contributed by atoms with Crippen LogP contribution in [0.25, 0.3) is 0 Å². The molecule has 0 saturated heterocycles. The van der Waals surface area contributed by atoms with Gasteiger partial charge in [0.05, 0.1) is 12.2 Å². The summed E-state index contributed by atoms with van der Waals surface area (Å²) in [6.07, 6.45) is 0. The average Bonchev–Trinajstić information content (AvgIpc) is 2.80. The first-order valence-corrected chi connectivity index (χ1v) is 7.68. The zero-order valence-corrected chi connectivity index (χ0v) is 12.9. The number of hydrogen-bond donors (Lipinski definition) is 1. The number of nitrogens with one attached hydrogen (secondary N) is 1. The fraction of sp³-hybridized carbons (Fsp3) is 0.211. The van der Waals surface area contributed by atoms with Crippen molar-refractivity contribution in [3.05, 3.63) is 77.0 Å². The Balaban J connectivity index is 1.91. The van der Waals surface area contributed by atoms with Gasteiger partial charge in [-0.1, -0.05) is 48.0 Å². The van der Waals surface area contributed by atoms with Gasteiger partial charge in [0.15, 0.2) is 0 Å². The third kappa shape index (κ3) is 2.19. The summed E-state index contributed by atoms with van der Waals surface area (Å²) >= 11 is 0. The molecule has 3 aromatic rings. The molecule has 4 rings (SSSR count). The Bertz CT molecular complexity index is 818. The molecule has 110 valence electrons. The Morgan fingerprint density at radius 3 is 2.68 bits per heavy atom. The lowest BCUT2D eigenvalue weighted by molar-refractivity contribution is 0.573. The normalized spacial score (nSPS) is 16.4. The van der Waals surface area contributed by atoms with E-state index in [1.165, 1.54) is 22.4 Å². The first-order valence-electron chi connectivity index (χ1n) is 7.68. The summed E-state index contributed by atoms with van der Waals surface area (Å²) in [7, 11) is 0. The molecule has 2 heterocycles. The molecule has 0 fully saturated rings. The van der Waals surface area contributed by atoms with Crippen LogP contribution in [0.4, 0.5) is 11.5 Å². The molecule has 0 aliphatic carbocycles. The minimum absolute atomic E-state index is 0.309. The summed E-state index contributed by atoms with van der Waals surface area (Å²) in [6, 6.07) is 19.4. The van der Waals surface area contributed by atoms with Crippen molar-refractivity contribution < 1.29 is 0 Å². The van der Waals surface area contributed by atoms with Crippen LogP contribution in [0.1, 0.15) is 28.3 Å². The van der Waals surface area contributed by atoms with E-state index >= 15 is 0 Å². The van der Waals surface area contributed by atoms with Crippen molar-refractivity contribution in [3.63, 3.8) is 0 Å². The van der Waals surface area contributed by atoms with Gasteiger partial charge in [-0.05, 0) is 31.0 Å². The van der Waals surface area contributed by atoms with Crippen LogP contribution in [0.5, 0.6) is 0 Å². The standard InChI is InChI=1S/C19H19N3/c1-13-8-9-18-16(10-13)17(15-6-4-3-5-7-15)12-22-19(20-18)11-14(2)21-22/h3-11,17,20H,12H2,1-2H3. The highest BCUT2D eigenvalue weighted by Gasteiger charge is 2.24. The quantitative estimate of drug-likeness (QED) is 0.720. The van der Waals surface area contributed by atoms with Crippen LogP contribution in [0.2, 0.25) is 0 Å². The van der Waals surface area contributed by atoms with Crippen molar-refractivity contribution in [2.45, 2.75) is 26.3 Å². The van der Waals surface area contributed by atoms with Gasteiger partial charge >= 0.3 is 0 Å². The third-order valence-electron chi connectivity index (χ3n) is 4.30. The van der Waals surface area contributed by atoms with Crippen LogP contribution in [0, 0.1) is 13.8 Å². The first kappa shape index (κ1) is 13.1. The molecule has 3 heteroatoms. The van der Waals surface area contributed by atoms with E-state index in [0.29, 0.717) is 5.92 Å². The lowest BCUT2D eigenvalue weighted by Crippen LogP contribution is -2.10. The molecule has 3 nitrogen and oxygen atoms in total. The SMILES string of the molecule is Cc1ccc2c(c1)C(c1ccccc1)Cn1nc(C)cc1N2. The van der Waals surface area contributed by atoms with Gasteiger partial charge in [0.1, 0.15) is 5.82 Å². The molecule has 22 heavy (non-hydrogen) atoms. The smallest absolute Gasteiger partial charge is 0.128 e. The Morgan fingerprint density at radius 1 is 1.05 bits per heavy atom. The second-order valence-electron chi connectivity index (χ2n) is 6.03. The molecule has 1 aliphatic rings. The molecule has 0 spiro atoms.